The molecule has 5 nitrogen and oxygen atoms in total. The van der Waals surface area contributed by atoms with Gasteiger partial charge in [-0.1, -0.05) is 30.3 Å². The normalized spacial score (nSPS) is 15.5. The van der Waals surface area contributed by atoms with E-state index in [9.17, 15) is 14.0 Å². The summed E-state index contributed by atoms with van der Waals surface area (Å²) in [7, 11) is 2.01. The Kier molecular flexibility index (Phi) is 5.98. The maximum Gasteiger partial charge on any atom is 0.270 e. The highest BCUT2D eigenvalue weighted by Gasteiger charge is 2.23. The summed E-state index contributed by atoms with van der Waals surface area (Å²) in [5.41, 5.74) is 1.29. The molecule has 0 bridgehead atoms. The van der Waals surface area contributed by atoms with Crippen LogP contribution in [0, 0.1) is 5.82 Å². The Hall–Kier alpha value is -2.99. The van der Waals surface area contributed by atoms with Crippen LogP contribution < -0.4 is 5.32 Å². The highest BCUT2D eigenvalue weighted by Crippen LogP contribution is 2.12. The van der Waals surface area contributed by atoms with E-state index in [1.807, 2.05) is 13.1 Å². The van der Waals surface area contributed by atoms with Gasteiger partial charge in [-0.15, -0.1) is 0 Å². The zero-order valence-corrected chi connectivity index (χ0v) is 15.2. The first-order chi connectivity index (χ1) is 13.0. The van der Waals surface area contributed by atoms with E-state index >= 15 is 0 Å². The van der Waals surface area contributed by atoms with Crippen LogP contribution in [-0.4, -0.2) is 54.8 Å². The number of halogens is 1. The zero-order chi connectivity index (χ0) is 19.2. The fourth-order valence-electron chi connectivity index (χ4n) is 2.84. The number of hydrogen-bond donors (Lipinski definition) is 1. The van der Waals surface area contributed by atoms with Crippen molar-refractivity contribution in [2.24, 2.45) is 0 Å². The zero-order valence-electron chi connectivity index (χ0n) is 15.2. The third-order valence-electron chi connectivity index (χ3n) is 4.49. The van der Waals surface area contributed by atoms with E-state index in [2.05, 4.69) is 10.2 Å². The number of benzene rings is 2. The average molecular weight is 367 g/mol. The molecular formula is C21H22FN3O2. The molecule has 0 aromatic heterocycles. The van der Waals surface area contributed by atoms with Crippen LogP contribution >= 0.6 is 0 Å². The molecule has 1 heterocycles. The fraction of sp³-hybridized carbons (Fsp3) is 0.238. The van der Waals surface area contributed by atoms with E-state index in [0.29, 0.717) is 24.2 Å². The Labute approximate surface area is 158 Å². The van der Waals surface area contributed by atoms with Gasteiger partial charge in [-0.3, -0.25) is 9.59 Å². The molecule has 1 fully saturated rings. The molecule has 1 N–H and O–H groups in total. The van der Waals surface area contributed by atoms with Crippen molar-refractivity contribution in [3.05, 3.63) is 77.2 Å². The molecule has 140 valence electrons. The van der Waals surface area contributed by atoms with Gasteiger partial charge in [-0.25, -0.2) is 4.39 Å². The Bertz CT molecular complexity index is 826. The van der Waals surface area contributed by atoms with Gasteiger partial charge in [0, 0.05) is 31.7 Å². The molecule has 6 heteroatoms. The smallest absolute Gasteiger partial charge is 0.270 e. The second-order valence-corrected chi connectivity index (χ2v) is 6.53. The van der Waals surface area contributed by atoms with Crippen molar-refractivity contribution in [2.45, 2.75) is 0 Å². The number of piperazine rings is 1. The molecule has 27 heavy (non-hydrogen) atoms. The fourth-order valence-corrected chi connectivity index (χ4v) is 2.84. The topological polar surface area (TPSA) is 52.6 Å². The number of likely N-dealkylation sites (N-methyl/N-ethyl adjacent to an activating group) is 1. The summed E-state index contributed by atoms with van der Waals surface area (Å²) < 4.78 is 13.2. The van der Waals surface area contributed by atoms with Crippen molar-refractivity contribution in [2.75, 3.05) is 33.2 Å². The number of amides is 2. The van der Waals surface area contributed by atoms with Gasteiger partial charge < -0.3 is 15.1 Å². The van der Waals surface area contributed by atoms with Crippen molar-refractivity contribution >= 4 is 17.9 Å². The molecule has 0 spiro atoms. The Morgan fingerprint density at radius 2 is 1.59 bits per heavy atom. The van der Waals surface area contributed by atoms with E-state index in [1.54, 1.807) is 47.4 Å². The Morgan fingerprint density at radius 1 is 0.963 bits per heavy atom. The summed E-state index contributed by atoms with van der Waals surface area (Å²) in [5.74, 6) is -0.949. The molecule has 2 aromatic carbocycles. The summed E-state index contributed by atoms with van der Waals surface area (Å²) in [6, 6.07) is 14.5. The first-order valence-electron chi connectivity index (χ1n) is 8.84. The van der Waals surface area contributed by atoms with Gasteiger partial charge in [0.1, 0.15) is 11.5 Å². The largest absolute Gasteiger partial charge is 0.335 e. The van der Waals surface area contributed by atoms with Gasteiger partial charge in [0.15, 0.2) is 0 Å². The Balaban J connectivity index is 1.85. The minimum Gasteiger partial charge on any atom is -0.335 e. The maximum absolute atomic E-state index is 13.2. The lowest BCUT2D eigenvalue weighted by Crippen LogP contribution is -2.49. The molecule has 1 aliphatic rings. The summed E-state index contributed by atoms with van der Waals surface area (Å²) in [6.45, 7) is 2.75. The van der Waals surface area contributed by atoms with Crippen LogP contribution in [0.1, 0.15) is 15.9 Å². The van der Waals surface area contributed by atoms with E-state index < -0.39 is 0 Å². The summed E-state index contributed by atoms with van der Waals surface area (Å²) in [6.07, 6.45) is 1.58. The number of nitrogens with one attached hydrogen (secondary N) is 1. The second-order valence-electron chi connectivity index (χ2n) is 6.53. The highest BCUT2D eigenvalue weighted by molar-refractivity contribution is 6.05. The molecule has 1 aliphatic heterocycles. The average Bonchev–Trinajstić information content (AvgIpc) is 2.70. The number of nitrogens with zero attached hydrogens (tertiary/aromatic N) is 2. The standard InChI is InChI=1S/C21H22FN3O2/c1-24-11-13-25(14-12-24)21(27)19(15-16-7-9-18(22)10-8-16)23-20(26)17-5-3-2-4-6-17/h2-10,15H,11-14H2,1H3,(H,23,26)/b19-15-. The van der Waals surface area contributed by atoms with E-state index in [4.69, 9.17) is 0 Å². The number of carbonyl (C=O) groups excluding carboxylic acids is 2. The summed E-state index contributed by atoms with van der Waals surface area (Å²) >= 11 is 0. The van der Waals surface area contributed by atoms with Crippen molar-refractivity contribution in [1.29, 1.82) is 0 Å². The predicted molar refractivity (Wildman–Crippen MR) is 102 cm³/mol. The molecule has 3 rings (SSSR count). The van der Waals surface area contributed by atoms with Crippen molar-refractivity contribution < 1.29 is 14.0 Å². The second kappa shape index (κ2) is 8.60. The van der Waals surface area contributed by atoms with Crippen LogP contribution in [0.2, 0.25) is 0 Å². The highest BCUT2D eigenvalue weighted by atomic mass is 19.1. The third-order valence-corrected chi connectivity index (χ3v) is 4.49. The number of rotatable bonds is 4. The lowest BCUT2D eigenvalue weighted by molar-refractivity contribution is -0.128. The van der Waals surface area contributed by atoms with Crippen LogP contribution in [0.3, 0.4) is 0 Å². The molecule has 0 atom stereocenters. The molecule has 0 aliphatic carbocycles. The van der Waals surface area contributed by atoms with Crippen molar-refractivity contribution in [3.8, 4) is 0 Å². The van der Waals surface area contributed by atoms with Crippen LogP contribution in [-0.2, 0) is 4.79 Å². The van der Waals surface area contributed by atoms with Gasteiger partial charge >= 0.3 is 0 Å². The van der Waals surface area contributed by atoms with Crippen LogP contribution in [0.25, 0.3) is 6.08 Å². The van der Waals surface area contributed by atoms with Gasteiger partial charge in [-0.05, 0) is 43.0 Å². The van der Waals surface area contributed by atoms with Crippen molar-refractivity contribution in [1.82, 2.24) is 15.1 Å². The van der Waals surface area contributed by atoms with Crippen LogP contribution in [0.5, 0.6) is 0 Å². The van der Waals surface area contributed by atoms with Crippen LogP contribution in [0.15, 0.2) is 60.3 Å². The molecule has 0 unspecified atom stereocenters. The predicted octanol–water partition coefficient (Wildman–Crippen LogP) is 2.37. The first kappa shape index (κ1) is 18.8. The number of hydrogen-bond acceptors (Lipinski definition) is 3. The number of carbonyl (C=O) groups is 2. The molecule has 1 saturated heterocycles. The van der Waals surface area contributed by atoms with Gasteiger partial charge in [0.2, 0.25) is 0 Å². The molecular weight excluding hydrogens is 345 g/mol. The Morgan fingerprint density at radius 3 is 2.22 bits per heavy atom. The lowest BCUT2D eigenvalue weighted by atomic mass is 10.1. The van der Waals surface area contributed by atoms with E-state index in [1.165, 1.54) is 12.1 Å². The van der Waals surface area contributed by atoms with Gasteiger partial charge in [0.25, 0.3) is 11.8 Å². The molecule has 2 aromatic rings. The molecule has 0 radical (unpaired) electrons. The minimum absolute atomic E-state index is 0.181. The monoisotopic (exact) mass is 367 g/mol. The van der Waals surface area contributed by atoms with Crippen LogP contribution in [0.4, 0.5) is 4.39 Å². The SMILES string of the molecule is CN1CCN(C(=O)/C(=C/c2ccc(F)cc2)NC(=O)c2ccccc2)CC1. The minimum atomic E-state index is -0.355. The molecule has 2 amide bonds. The van der Waals surface area contributed by atoms with E-state index in [-0.39, 0.29) is 23.3 Å². The molecule has 0 saturated carbocycles. The lowest BCUT2D eigenvalue weighted by Gasteiger charge is -2.33. The first-order valence-corrected chi connectivity index (χ1v) is 8.84. The maximum atomic E-state index is 13.2. The van der Waals surface area contributed by atoms with E-state index in [0.717, 1.165) is 13.1 Å². The summed E-state index contributed by atoms with van der Waals surface area (Å²) in [5, 5.41) is 2.73. The third kappa shape index (κ3) is 5.01. The quantitative estimate of drug-likeness (QED) is 0.844. The van der Waals surface area contributed by atoms with Gasteiger partial charge in [-0.2, -0.15) is 0 Å². The summed E-state index contributed by atoms with van der Waals surface area (Å²) in [4.78, 5) is 29.4. The van der Waals surface area contributed by atoms with Crippen molar-refractivity contribution in [3.63, 3.8) is 0 Å². The van der Waals surface area contributed by atoms with Gasteiger partial charge in [0.05, 0.1) is 0 Å².